The molecule has 0 saturated heterocycles. The molecule has 0 radical (unpaired) electrons. The van der Waals surface area contributed by atoms with Crippen molar-refractivity contribution < 1.29 is 67.1 Å². The van der Waals surface area contributed by atoms with E-state index in [9.17, 15) is 33.6 Å². The molecule has 1 aliphatic rings. The first-order valence-electron chi connectivity index (χ1n) is 10.00. The van der Waals surface area contributed by atoms with Crippen LogP contribution in [0.3, 0.4) is 0 Å². The average Bonchev–Trinajstić information content (AvgIpc) is 2.66. The second-order valence-corrected chi connectivity index (χ2v) is 7.22. The molecule has 1 aliphatic carbocycles. The van der Waals surface area contributed by atoms with Crippen molar-refractivity contribution in [3.8, 4) is 0 Å². The largest absolute Gasteiger partial charge is 0.481 e. The molecular formula is C20H26O14. The molecule has 0 aromatic heterocycles. The number of esters is 6. The van der Waals surface area contributed by atoms with E-state index in [1.807, 2.05) is 0 Å². The summed E-state index contributed by atoms with van der Waals surface area (Å²) in [6.45, 7) is 4.93. The molecule has 6 atom stereocenters. The maximum Gasteiger partial charge on any atom is 0.306 e. The van der Waals surface area contributed by atoms with Crippen LogP contribution in [0.4, 0.5) is 0 Å². The normalized spacial score (nSPS) is 25.8. The molecule has 190 valence electrons. The lowest BCUT2D eigenvalue weighted by molar-refractivity contribution is -0.259. The number of ether oxygens (including phenoxy) is 6. The number of hydrogen-bond donors (Lipinski definition) is 1. The minimum atomic E-state index is -1.74. The zero-order valence-corrected chi connectivity index (χ0v) is 19.1. The third-order valence-electron chi connectivity index (χ3n) is 4.26. The van der Waals surface area contributed by atoms with Crippen molar-refractivity contribution in [2.24, 2.45) is 0 Å². The topological polar surface area (TPSA) is 195 Å². The molecule has 1 N–H and O–H groups in total. The first-order chi connectivity index (χ1) is 15.7. The van der Waals surface area contributed by atoms with E-state index < -0.39 is 91.3 Å². The summed E-state index contributed by atoms with van der Waals surface area (Å²) in [6.07, 6.45) is -11.3. The van der Waals surface area contributed by atoms with E-state index in [-0.39, 0.29) is 0 Å². The van der Waals surface area contributed by atoms with Gasteiger partial charge in [-0.05, 0) is 0 Å². The maximum atomic E-state index is 12.3. The van der Waals surface area contributed by atoms with E-state index in [1.165, 1.54) is 0 Å². The van der Waals surface area contributed by atoms with Crippen molar-refractivity contribution in [3.63, 3.8) is 0 Å². The Morgan fingerprint density at radius 2 is 0.706 bits per heavy atom. The van der Waals surface area contributed by atoms with Crippen LogP contribution in [0.5, 0.6) is 0 Å². The van der Waals surface area contributed by atoms with Gasteiger partial charge in [-0.25, -0.2) is 0 Å². The molecule has 1 rings (SSSR count). The van der Waals surface area contributed by atoms with E-state index in [4.69, 9.17) is 33.5 Å². The highest BCUT2D eigenvalue weighted by Gasteiger charge is 2.60. The fourth-order valence-corrected chi connectivity index (χ4v) is 3.30. The summed E-state index contributed by atoms with van der Waals surface area (Å²) >= 11 is 0. The molecule has 0 bridgehead atoms. The van der Waals surface area contributed by atoms with Gasteiger partial charge in [0.05, 0.1) is 12.8 Å². The molecule has 0 heterocycles. The van der Waals surface area contributed by atoms with Crippen molar-refractivity contribution in [3.05, 3.63) is 0 Å². The molecular weight excluding hydrogens is 464 g/mol. The first kappa shape index (κ1) is 28.3. The quantitative estimate of drug-likeness (QED) is 0.319. The number of carboxylic acid groups (broad SMARTS) is 1. The van der Waals surface area contributed by atoms with Crippen LogP contribution in [-0.4, -0.2) is 83.5 Å². The van der Waals surface area contributed by atoms with Crippen LogP contribution in [0.25, 0.3) is 0 Å². The molecule has 14 nitrogen and oxygen atoms in total. The number of carbonyl (C=O) groups is 7. The smallest absolute Gasteiger partial charge is 0.306 e. The van der Waals surface area contributed by atoms with E-state index >= 15 is 0 Å². The Kier molecular flexibility index (Phi) is 10.4. The van der Waals surface area contributed by atoms with Gasteiger partial charge in [0.15, 0.2) is 36.6 Å². The monoisotopic (exact) mass is 490 g/mol. The van der Waals surface area contributed by atoms with Gasteiger partial charge in [-0.3, -0.25) is 33.6 Å². The fraction of sp³-hybridized carbons (Fsp3) is 0.650. The Morgan fingerprint density at radius 1 is 0.471 bits per heavy atom. The third kappa shape index (κ3) is 8.67. The van der Waals surface area contributed by atoms with Crippen molar-refractivity contribution in [1.29, 1.82) is 0 Å². The Morgan fingerprint density at radius 3 is 0.912 bits per heavy atom. The molecule has 34 heavy (non-hydrogen) atoms. The molecule has 0 unspecified atom stereocenters. The van der Waals surface area contributed by atoms with Crippen molar-refractivity contribution in [2.45, 2.75) is 84.1 Å². The predicted molar refractivity (Wildman–Crippen MR) is 105 cm³/mol. The minimum Gasteiger partial charge on any atom is -0.481 e. The Balaban J connectivity index is 3.65. The fourth-order valence-electron chi connectivity index (χ4n) is 3.30. The Hall–Kier alpha value is -3.71. The van der Waals surface area contributed by atoms with Crippen LogP contribution >= 0.6 is 0 Å². The Bertz CT molecular complexity index is 789. The summed E-state index contributed by atoms with van der Waals surface area (Å²) in [6, 6.07) is 0. The van der Waals surface area contributed by atoms with Gasteiger partial charge in [-0.2, -0.15) is 0 Å². The molecule has 0 amide bonds. The summed E-state index contributed by atoms with van der Waals surface area (Å²) in [4.78, 5) is 82.2. The van der Waals surface area contributed by atoms with E-state index in [0.717, 1.165) is 34.6 Å². The van der Waals surface area contributed by atoms with E-state index in [1.54, 1.807) is 0 Å². The lowest BCUT2D eigenvalue weighted by atomic mass is 9.83. The summed E-state index contributed by atoms with van der Waals surface area (Å²) in [5, 5.41) is 8.80. The summed E-state index contributed by atoms with van der Waals surface area (Å²) in [5.41, 5.74) is 0. The highest BCUT2D eigenvalue weighted by molar-refractivity contribution is 5.77. The molecule has 0 aromatic carbocycles. The van der Waals surface area contributed by atoms with Crippen LogP contribution in [0.2, 0.25) is 0 Å². The third-order valence-corrected chi connectivity index (χ3v) is 4.26. The molecule has 1 saturated carbocycles. The van der Waals surface area contributed by atoms with E-state index in [0.29, 0.717) is 0 Å². The van der Waals surface area contributed by atoms with Gasteiger partial charge in [0.2, 0.25) is 0 Å². The number of aliphatic carboxylic acids is 1. The lowest BCUT2D eigenvalue weighted by Crippen LogP contribution is -2.69. The second kappa shape index (κ2) is 12.5. The van der Waals surface area contributed by atoms with Crippen LogP contribution < -0.4 is 0 Å². The lowest BCUT2D eigenvalue weighted by Gasteiger charge is -2.46. The first-order valence-corrected chi connectivity index (χ1v) is 10.00. The number of hydrogen-bond acceptors (Lipinski definition) is 13. The Labute approximate surface area is 193 Å². The SMILES string of the molecule is CC(=O)O[C@@H]1[C@H](OC(C)=O)[C@@H](OC(C)=O)[C@H](OC(=O)CCC(=O)O)[C@@H](OC(C)=O)[C@H]1OC(C)=O. The molecule has 0 aliphatic heterocycles. The second-order valence-electron chi connectivity index (χ2n) is 7.22. The van der Waals surface area contributed by atoms with Crippen molar-refractivity contribution in [1.82, 2.24) is 0 Å². The molecule has 0 spiro atoms. The van der Waals surface area contributed by atoms with Gasteiger partial charge in [0.25, 0.3) is 0 Å². The number of carbonyl (C=O) groups excluding carboxylic acids is 6. The standard InChI is InChI=1S/C20H26O14/c1-8(21)29-15-16(30-9(2)22)18(32-11(4)24)20(34-14(28)7-6-13(26)27)19(33-12(5)25)17(15)31-10(3)23/h15-20H,6-7H2,1-5H3,(H,26,27)/t15-,16-,17-,18-,19+,20+/m0/s1. The zero-order chi connectivity index (χ0) is 26.2. The van der Waals surface area contributed by atoms with Gasteiger partial charge >= 0.3 is 41.8 Å². The van der Waals surface area contributed by atoms with Crippen LogP contribution in [0, 0.1) is 0 Å². The van der Waals surface area contributed by atoms with Crippen LogP contribution in [-0.2, 0) is 62.0 Å². The van der Waals surface area contributed by atoms with Crippen LogP contribution in [0.1, 0.15) is 47.5 Å². The highest BCUT2D eigenvalue weighted by atomic mass is 16.7. The van der Waals surface area contributed by atoms with Crippen molar-refractivity contribution >= 4 is 41.8 Å². The van der Waals surface area contributed by atoms with Crippen molar-refractivity contribution in [2.75, 3.05) is 0 Å². The molecule has 0 aromatic rings. The summed E-state index contributed by atoms with van der Waals surface area (Å²) in [7, 11) is 0. The molecule has 1 fully saturated rings. The number of rotatable bonds is 9. The summed E-state index contributed by atoms with van der Waals surface area (Å²) in [5.74, 6) is -7.06. The van der Waals surface area contributed by atoms with Crippen LogP contribution in [0.15, 0.2) is 0 Å². The maximum absolute atomic E-state index is 12.3. The van der Waals surface area contributed by atoms with Gasteiger partial charge in [0, 0.05) is 34.6 Å². The van der Waals surface area contributed by atoms with Gasteiger partial charge in [-0.1, -0.05) is 0 Å². The number of carboxylic acids is 1. The average molecular weight is 490 g/mol. The highest BCUT2D eigenvalue weighted by Crippen LogP contribution is 2.34. The summed E-state index contributed by atoms with van der Waals surface area (Å²) < 4.78 is 31.2. The van der Waals surface area contributed by atoms with Gasteiger partial charge in [0.1, 0.15) is 0 Å². The van der Waals surface area contributed by atoms with Gasteiger partial charge in [-0.15, -0.1) is 0 Å². The molecule has 14 heteroatoms. The van der Waals surface area contributed by atoms with Gasteiger partial charge < -0.3 is 33.5 Å². The minimum absolute atomic E-state index is 0.612. The van der Waals surface area contributed by atoms with E-state index in [2.05, 4.69) is 0 Å². The zero-order valence-electron chi connectivity index (χ0n) is 19.1. The predicted octanol–water partition coefficient (Wildman–Crippen LogP) is -0.565.